The normalized spacial score (nSPS) is 22.8. The van der Waals surface area contributed by atoms with Gasteiger partial charge in [-0.3, -0.25) is 4.79 Å². The van der Waals surface area contributed by atoms with Crippen molar-refractivity contribution in [3.63, 3.8) is 0 Å². The van der Waals surface area contributed by atoms with Gasteiger partial charge in [-0.15, -0.1) is 11.6 Å². The Kier molecular flexibility index (Phi) is 3.80. The number of allylic oxidation sites excluding steroid dienone is 1. The summed E-state index contributed by atoms with van der Waals surface area (Å²) >= 11 is 5.99. The maximum Gasteiger partial charge on any atom is 0.176 e. The van der Waals surface area contributed by atoms with Gasteiger partial charge in [0.2, 0.25) is 0 Å². The highest BCUT2D eigenvalue weighted by Crippen LogP contribution is 2.26. The fourth-order valence-corrected chi connectivity index (χ4v) is 2.38. The molecular weight excluding hydrogens is 232 g/mol. The van der Waals surface area contributed by atoms with Gasteiger partial charge in [0, 0.05) is 0 Å². The molecule has 1 aromatic carbocycles. The summed E-state index contributed by atoms with van der Waals surface area (Å²) in [6.45, 7) is 3.78. The van der Waals surface area contributed by atoms with Crippen molar-refractivity contribution < 1.29 is 4.79 Å². The molecule has 0 aliphatic heterocycles. The van der Waals surface area contributed by atoms with Gasteiger partial charge in [-0.05, 0) is 42.0 Å². The van der Waals surface area contributed by atoms with Crippen LogP contribution in [0.2, 0.25) is 0 Å². The van der Waals surface area contributed by atoms with Gasteiger partial charge < -0.3 is 0 Å². The molecule has 0 radical (unpaired) electrons. The minimum atomic E-state index is -0.342. The molecule has 88 valence electrons. The molecule has 1 nitrogen and oxygen atoms in total. The van der Waals surface area contributed by atoms with E-state index in [0.717, 1.165) is 36.0 Å². The van der Waals surface area contributed by atoms with Crippen molar-refractivity contribution in [3.8, 4) is 0 Å². The zero-order valence-electron chi connectivity index (χ0n) is 9.66. The summed E-state index contributed by atoms with van der Waals surface area (Å²) in [6, 6.07) is 7.91. The fourth-order valence-electron chi connectivity index (χ4n) is 2.09. The van der Waals surface area contributed by atoms with Crippen LogP contribution in [0.3, 0.4) is 0 Å². The predicted octanol–water partition coefficient (Wildman–Crippen LogP) is 4.07. The third-order valence-electron chi connectivity index (χ3n) is 3.05. The Labute approximate surface area is 107 Å². The van der Waals surface area contributed by atoms with Gasteiger partial charge in [0.1, 0.15) is 0 Å². The summed E-state index contributed by atoms with van der Waals surface area (Å²) in [4.78, 5) is 11.9. The van der Waals surface area contributed by atoms with Crippen LogP contribution in [0.25, 0.3) is 12.2 Å². The SMILES string of the molecule is C=Cc1ccccc1C=C1CCCC(Cl)C1=O. The van der Waals surface area contributed by atoms with Gasteiger partial charge in [-0.1, -0.05) is 36.9 Å². The lowest BCUT2D eigenvalue weighted by Crippen LogP contribution is -2.21. The summed E-state index contributed by atoms with van der Waals surface area (Å²) in [7, 11) is 0. The number of hydrogen-bond acceptors (Lipinski definition) is 1. The Bertz CT molecular complexity index is 474. The number of ketones is 1. The molecule has 0 amide bonds. The van der Waals surface area contributed by atoms with Crippen LogP contribution in [0.15, 0.2) is 36.4 Å². The van der Waals surface area contributed by atoms with E-state index in [-0.39, 0.29) is 11.2 Å². The molecule has 0 bridgehead atoms. The third-order valence-corrected chi connectivity index (χ3v) is 3.47. The number of Topliss-reactive ketones (excluding diaryl/α,β-unsaturated/α-hetero) is 1. The Hall–Kier alpha value is -1.34. The van der Waals surface area contributed by atoms with E-state index in [0.29, 0.717) is 0 Å². The first-order valence-electron chi connectivity index (χ1n) is 5.82. The highest BCUT2D eigenvalue weighted by Gasteiger charge is 2.24. The predicted molar refractivity (Wildman–Crippen MR) is 73.0 cm³/mol. The molecule has 0 spiro atoms. The first-order valence-corrected chi connectivity index (χ1v) is 6.26. The van der Waals surface area contributed by atoms with Gasteiger partial charge in [-0.25, -0.2) is 0 Å². The van der Waals surface area contributed by atoms with E-state index < -0.39 is 0 Å². The third kappa shape index (κ3) is 2.67. The summed E-state index contributed by atoms with van der Waals surface area (Å²) in [5.74, 6) is 0.0804. The summed E-state index contributed by atoms with van der Waals surface area (Å²) in [5, 5.41) is -0.342. The minimum Gasteiger partial charge on any atom is -0.293 e. The molecule has 0 saturated heterocycles. The maximum atomic E-state index is 11.9. The van der Waals surface area contributed by atoms with E-state index in [1.54, 1.807) is 6.08 Å². The van der Waals surface area contributed by atoms with E-state index in [1.165, 1.54) is 0 Å². The molecule has 0 heterocycles. The lowest BCUT2D eigenvalue weighted by molar-refractivity contribution is -0.116. The molecule has 2 heteroatoms. The van der Waals surface area contributed by atoms with Crippen LogP contribution in [0.5, 0.6) is 0 Å². The van der Waals surface area contributed by atoms with Gasteiger partial charge in [0.15, 0.2) is 5.78 Å². The van der Waals surface area contributed by atoms with Crippen molar-refractivity contribution in [2.45, 2.75) is 24.6 Å². The zero-order valence-corrected chi connectivity index (χ0v) is 10.4. The van der Waals surface area contributed by atoms with Crippen LogP contribution < -0.4 is 0 Å². The van der Waals surface area contributed by atoms with Crippen LogP contribution in [0, 0.1) is 0 Å². The van der Waals surface area contributed by atoms with Crippen LogP contribution >= 0.6 is 11.6 Å². The fraction of sp³-hybridized carbons (Fsp3) is 0.267. The molecule has 17 heavy (non-hydrogen) atoms. The summed E-state index contributed by atoms with van der Waals surface area (Å²) < 4.78 is 0. The van der Waals surface area contributed by atoms with E-state index >= 15 is 0 Å². The second kappa shape index (κ2) is 5.33. The molecule has 2 rings (SSSR count). The highest BCUT2D eigenvalue weighted by molar-refractivity contribution is 6.34. The van der Waals surface area contributed by atoms with E-state index in [9.17, 15) is 4.79 Å². The van der Waals surface area contributed by atoms with Gasteiger partial charge in [0.25, 0.3) is 0 Å². The molecular formula is C15H15ClO. The summed E-state index contributed by atoms with van der Waals surface area (Å²) in [5.41, 5.74) is 2.92. The van der Waals surface area contributed by atoms with Crippen LogP contribution in [0.1, 0.15) is 30.4 Å². The number of alkyl halides is 1. The lowest BCUT2D eigenvalue weighted by atomic mass is 9.91. The highest BCUT2D eigenvalue weighted by atomic mass is 35.5. The molecule has 0 aromatic heterocycles. The van der Waals surface area contributed by atoms with Crippen LogP contribution in [0.4, 0.5) is 0 Å². The van der Waals surface area contributed by atoms with Crippen molar-refractivity contribution in [2.24, 2.45) is 0 Å². The average molecular weight is 247 g/mol. The van der Waals surface area contributed by atoms with Crippen molar-refractivity contribution in [2.75, 3.05) is 0 Å². The van der Waals surface area contributed by atoms with Crippen LogP contribution in [-0.4, -0.2) is 11.2 Å². The zero-order chi connectivity index (χ0) is 12.3. The van der Waals surface area contributed by atoms with E-state index in [4.69, 9.17) is 11.6 Å². The second-order valence-corrected chi connectivity index (χ2v) is 4.75. The Balaban J connectivity index is 2.35. The standard InChI is InChI=1S/C15H15ClO/c1-2-11-6-3-4-7-12(11)10-13-8-5-9-14(16)15(13)17/h2-4,6-7,10,14H,1,5,8-9H2. The molecule has 1 aromatic rings. The molecule has 1 unspecified atom stereocenters. The largest absolute Gasteiger partial charge is 0.293 e. The molecule has 1 aliphatic carbocycles. The maximum absolute atomic E-state index is 11.9. The first-order chi connectivity index (χ1) is 8.22. The number of halogens is 1. The number of rotatable bonds is 2. The van der Waals surface area contributed by atoms with Gasteiger partial charge >= 0.3 is 0 Å². The van der Waals surface area contributed by atoms with Crippen molar-refractivity contribution in [1.29, 1.82) is 0 Å². The lowest BCUT2D eigenvalue weighted by Gasteiger charge is -2.17. The number of benzene rings is 1. The molecule has 1 atom stereocenters. The first kappa shape index (κ1) is 12.1. The molecule has 1 aliphatic rings. The van der Waals surface area contributed by atoms with Gasteiger partial charge in [-0.2, -0.15) is 0 Å². The minimum absolute atomic E-state index is 0.0804. The van der Waals surface area contributed by atoms with Crippen molar-refractivity contribution in [1.82, 2.24) is 0 Å². The Morgan fingerprint density at radius 2 is 2.00 bits per heavy atom. The monoisotopic (exact) mass is 246 g/mol. The molecule has 1 saturated carbocycles. The van der Waals surface area contributed by atoms with E-state index in [2.05, 4.69) is 6.58 Å². The second-order valence-electron chi connectivity index (χ2n) is 4.23. The van der Waals surface area contributed by atoms with Crippen molar-refractivity contribution >= 4 is 29.5 Å². The summed E-state index contributed by atoms with van der Waals surface area (Å²) in [6.07, 6.45) is 6.36. The molecule has 1 fully saturated rings. The Morgan fingerprint density at radius 3 is 2.71 bits per heavy atom. The number of carbonyl (C=O) groups is 1. The Morgan fingerprint density at radius 1 is 1.29 bits per heavy atom. The van der Waals surface area contributed by atoms with Gasteiger partial charge in [0.05, 0.1) is 5.38 Å². The van der Waals surface area contributed by atoms with Crippen LogP contribution in [-0.2, 0) is 4.79 Å². The van der Waals surface area contributed by atoms with E-state index in [1.807, 2.05) is 30.3 Å². The quantitative estimate of drug-likeness (QED) is 0.568. The average Bonchev–Trinajstić information content (AvgIpc) is 2.35. The number of hydrogen-bond donors (Lipinski definition) is 0. The number of carbonyl (C=O) groups excluding carboxylic acids is 1. The smallest absolute Gasteiger partial charge is 0.176 e. The topological polar surface area (TPSA) is 17.1 Å². The molecule has 0 N–H and O–H groups in total. The van der Waals surface area contributed by atoms with Crippen molar-refractivity contribution in [3.05, 3.63) is 47.5 Å².